The second kappa shape index (κ2) is 6.19. The van der Waals surface area contributed by atoms with Gasteiger partial charge in [-0.2, -0.15) is 0 Å². The van der Waals surface area contributed by atoms with Crippen LogP contribution in [0.4, 0.5) is 5.82 Å². The molecule has 1 aliphatic rings. The summed E-state index contributed by atoms with van der Waals surface area (Å²) in [6.45, 7) is 6.26. The maximum absolute atomic E-state index is 9.61. The second-order valence-electron chi connectivity index (χ2n) is 5.34. The standard InChI is InChI=1S/C15H24N2O/c1-3-4-13-6-9-17(10-7-13)15-11-14(12(2)18)5-8-16-15/h5,8,11-13,18H,3-4,6-7,9-10H2,1-2H3. The molecule has 3 nitrogen and oxygen atoms in total. The van der Waals surface area contributed by atoms with Crippen molar-refractivity contribution in [3.05, 3.63) is 23.9 Å². The van der Waals surface area contributed by atoms with Crippen LogP contribution >= 0.6 is 0 Å². The molecule has 0 aromatic carbocycles. The van der Waals surface area contributed by atoms with Crippen molar-refractivity contribution in [1.29, 1.82) is 0 Å². The molecule has 1 aliphatic heterocycles. The minimum atomic E-state index is -0.413. The fraction of sp³-hybridized carbons (Fsp3) is 0.667. The smallest absolute Gasteiger partial charge is 0.128 e. The van der Waals surface area contributed by atoms with Gasteiger partial charge in [-0.05, 0) is 43.4 Å². The third-order valence-corrected chi connectivity index (χ3v) is 3.89. The van der Waals surface area contributed by atoms with Gasteiger partial charge in [-0.25, -0.2) is 4.98 Å². The van der Waals surface area contributed by atoms with E-state index in [0.717, 1.165) is 30.4 Å². The Morgan fingerprint density at radius 1 is 1.44 bits per heavy atom. The molecule has 1 aromatic heterocycles. The molecule has 0 spiro atoms. The van der Waals surface area contributed by atoms with E-state index in [1.807, 2.05) is 12.1 Å². The number of anilines is 1. The quantitative estimate of drug-likeness (QED) is 0.889. The average Bonchev–Trinajstić information content (AvgIpc) is 2.40. The molecule has 18 heavy (non-hydrogen) atoms. The number of rotatable bonds is 4. The van der Waals surface area contributed by atoms with Crippen molar-refractivity contribution in [2.45, 2.75) is 45.6 Å². The van der Waals surface area contributed by atoms with Gasteiger partial charge in [-0.1, -0.05) is 19.8 Å². The number of hydrogen-bond acceptors (Lipinski definition) is 3. The molecule has 0 radical (unpaired) electrons. The first-order valence-corrected chi connectivity index (χ1v) is 7.09. The van der Waals surface area contributed by atoms with Crippen LogP contribution in [0, 0.1) is 5.92 Å². The van der Waals surface area contributed by atoms with Gasteiger partial charge in [0.05, 0.1) is 6.10 Å². The predicted molar refractivity (Wildman–Crippen MR) is 74.7 cm³/mol. The van der Waals surface area contributed by atoms with Gasteiger partial charge >= 0.3 is 0 Å². The third kappa shape index (κ3) is 3.22. The van der Waals surface area contributed by atoms with E-state index in [9.17, 15) is 5.11 Å². The molecule has 1 atom stereocenters. The maximum Gasteiger partial charge on any atom is 0.128 e. The van der Waals surface area contributed by atoms with Crippen molar-refractivity contribution in [3.63, 3.8) is 0 Å². The molecule has 1 fully saturated rings. The lowest BCUT2D eigenvalue weighted by Crippen LogP contribution is -2.34. The summed E-state index contributed by atoms with van der Waals surface area (Å²) in [6, 6.07) is 3.91. The number of nitrogens with zero attached hydrogens (tertiary/aromatic N) is 2. The van der Waals surface area contributed by atoms with Crippen molar-refractivity contribution in [3.8, 4) is 0 Å². The highest BCUT2D eigenvalue weighted by Gasteiger charge is 2.19. The first kappa shape index (κ1) is 13.3. The zero-order valence-corrected chi connectivity index (χ0v) is 11.5. The van der Waals surface area contributed by atoms with Gasteiger partial charge < -0.3 is 10.0 Å². The maximum atomic E-state index is 9.61. The molecular weight excluding hydrogens is 224 g/mol. The summed E-state index contributed by atoms with van der Waals surface area (Å²) >= 11 is 0. The molecule has 3 heteroatoms. The van der Waals surface area contributed by atoms with E-state index < -0.39 is 6.10 Å². The Balaban J connectivity index is 1.98. The van der Waals surface area contributed by atoms with Crippen molar-refractivity contribution in [1.82, 2.24) is 4.98 Å². The van der Waals surface area contributed by atoms with Crippen molar-refractivity contribution >= 4 is 5.82 Å². The molecule has 0 bridgehead atoms. The lowest BCUT2D eigenvalue weighted by molar-refractivity contribution is 0.199. The van der Waals surface area contributed by atoms with E-state index in [4.69, 9.17) is 0 Å². The summed E-state index contributed by atoms with van der Waals surface area (Å²) in [4.78, 5) is 6.78. The molecule has 1 unspecified atom stereocenters. The molecule has 2 rings (SSSR count). The molecular formula is C15H24N2O. The van der Waals surface area contributed by atoms with Crippen LogP contribution in [0.3, 0.4) is 0 Å². The molecule has 0 aliphatic carbocycles. The molecule has 0 amide bonds. The molecule has 2 heterocycles. The molecule has 1 saturated heterocycles. The Morgan fingerprint density at radius 3 is 2.78 bits per heavy atom. The third-order valence-electron chi connectivity index (χ3n) is 3.89. The summed E-state index contributed by atoms with van der Waals surface area (Å²) in [6.07, 6.45) is 6.58. The van der Waals surface area contributed by atoms with Gasteiger partial charge in [0.1, 0.15) is 5.82 Å². The molecule has 1 aromatic rings. The highest BCUT2D eigenvalue weighted by Crippen LogP contribution is 2.26. The normalized spacial score (nSPS) is 18.9. The topological polar surface area (TPSA) is 36.4 Å². The van der Waals surface area contributed by atoms with Crippen LogP contribution in [0.1, 0.15) is 51.2 Å². The minimum Gasteiger partial charge on any atom is -0.389 e. The zero-order chi connectivity index (χ0) is 13.0. The number of aliphatic hydroxyl groups is 1. The van der Waals surface area contributed by atoms with Crippen LogP contribution in [-0.4, -0.2) is 23.2 Å². The minimum absolute atomic E-state index is 0.413. The van der Waals surface area contributed by atoms with Crippen molar-refractivity contribution < 1.29 is 5.11 Å². The SMILES string of the molecule is CCCC1CCN(c2cc(C(C)O)ccn2)CC1. The highest BCUT2D eigenvalue weighted by molar-refractivity contribution is 5.41. The van der Waals surface area contributed by atoms with Crippen LogP contribution in [0.5, 0.6) is 0 Å². The van der Waals surface area contributed by atoms with Crippen LogP contribution < -0.4 is 4.90 Å². The van der Waals surface area contributed by atoms with Gasteiger partial charge in [-0.3, -0.25) is 0 Å². The summed E-state index contributed by atoms with van der Waals surface area (Å²) in [7, 11) is 0. The number of aromatic nitrogens is 1. The van der Waals surface area contributed by atoms with Gasteiger partial charge in [0, 0.05) is 19.3 Å². The monoisotopic (exact) mass is 248 g/mol. The highest BCUT2D eigenvalue weighted by atomic mass is 16.3. The van der Waals surface area contributed by atoms with Crippen LogP contribution in [0.25, 0.3) is 0 Å². The van der Waals surface area contributed by atoms with E-state index >= 15 is 0 Å². The largest absolute Gasteiger partial charge is 0.389 e. The first-order chi connectivity index (χ1) is 8.70. The zero-order valence-electron chi connectivity index (χ0n) is 11.5. The Bertz CT molecular complexity index is 371. The Kier molecular flexibility index (Phi) is 4.59. The van der Waals surface area contributed by atoms with Crippen LogP contribution in [0.15, 0.2) is 18.3 Å². The number of aliphatic hydroxyl groups excluding tert-OH is 1. The van der Waals surface area contributed by atoms with Gasteiger partial charge in [0.25, 0.3) is 0 Å². The number of piperidine rings is 1. The fourth-order valence-electron chi connectivity index (χ4n) is 2.73. The lowest BCUT2D eigenvalue weighted by atomic mass is 9.92. The summed E-state index contributed by atoms with van der Waals surface area (Å²) in [5, 5.41) is 9.61. The van der Waals surface area contributed by atoms with Gasteiger partial charge in [0.2, 0.25) is 0 Å². The van der Waals surface area contributed by atoms with Gasteiger partial charge in [-0.15, -0.1) is 0 Å². The van der Waals surface area contributed by atoms with Crippen LogP contribution in [0.2, 0.25) is 0 Å². The predicted octanol–water partition coefficient (Wildman–Crippen LogP) is 3.15. The first-order valence-electron chi connectivity index (χ1n) is 7.09. The van der Waals surface area contributed by atoms with Crippen molar-refractivity contribution in [2.24, 2.45) is 5.92 Å². The Hall–Kier alpha value is -1.09. The molecule has 1 N–H and O–H groups in total. The van der Waals surface area contributed by atoms with E-state index in [0.29, 0.717) is 0 Å². The average molecular weight is 248 g/mol. The van der Waals surface area contributed by atoms with Crippen molar-refractivity contribution in [2.75, 3.05) is 18.0 Å². The molecule has 100 valence electrons. The van der Waals surface area contributed by atoms with Crippen LogP contribution in [-0.2, 0) is 0 Å². The second-order valence-corrected chi connectivity index (χ2v) is 5.34. The van der Waals surface area contributed by atoms with Gasteiger partial charge in [0.15, 0.2) is 0 Å². The number of hydrogen-bond donors (Lipinski definition) is 1. The van der Waals surface area contributed by atoms with E-state index in [2.05, 4.69) is 16.8 Å². The summed E-state index contributed by atoms with van der Waals surface area (Å²) < 4.78 is 0. The lowest BCUT2D eigenvalue weighted by Gasteiger charge is -2.33. The number of pyridine rings is 1. The Morgan fingerprint density at radius 2 is 2.17 bits per heavy atom. The fourth-order valence-corrected chi connectivity index (χ4v) is 2.73. The summed E-state index contributed by atoms with van der Waals surface area (Å²) in [5.74, 6) is 1.91. The van der Waals surface area contributed by atoms with E-state index in [1.165, 1.54) is 25.7 Å². The van der Waals surface area contributed by atoms with E-state index in [-0.39, 0.29) is 0 Å². The molecule has 0 saturated carbocycles. The Labute approximate surface area is 110 Å². The summed E-state index contributed by atoms with van der Waals surface area (Å²) in [5.41, 5.74) is 0.954. The van der Waals surface area contributed by atoms with E-state index in [1.54, 1.807) is 13.1 Å².